The van der Waals surface area contributed by atoms with Gasteiger partial charge in [-0.05, 0) is 17.7 Å². The molecule has 2 aliphatic rings. The largest absolute Gasteiger partial charge is 0.478 e. The van der Waals surface area contributed by atoms with E-state index >= 15 is 0 Å². The first-order chi connectivity index (χ1) is 14.2. The quantitative estimate of drug-likeness (QED) is 0.666. The van der Waals surface area contributed by atoms with Crippen LogP contribution in [0.3, 0.4) is 0 Å². The first kappa shape index (κ1) is 19.4. The molecule has 2 aromatic rings. The highest BCUT2D eigenvalue weighted by molar-refractivity contribution is 5.99. The predicted molar refractivity (Wildman–Crippen MR) is 108 cm³/mol. The van der Waals surface area contributed by atoms with Crippen LogP contribution in [0.15, 0.2) is 54.6 Å². The predicted octanol–water partition coefficient (Wildman–Crippen LogP) is 0.549. The molecule has 7 heteroatoms. The van der Waals surface area contributed by atoms with Crippen LogP contribution in [0.25, 0.3) is 0 Å². The van der Waals surface area contributed by atoms with Crippen molar-refractivity contribution in [3.63, 3.8) is 0 Å². The average molecular weight is 396 g/mol. The number of quaternary nitrogens is 1. The van der Waals surface area contributed by atoms with Gasteiger partial charge in [-0.25, -0.2) is 0 Å². The van der Waals surface area contributed by atoms with Crippen molar-refractivity contribution < 1.29 is 24.0 Å². The van der Waals surface area contributed by atoms with Gasteiger partial charge in [-0.3, -0.25) is 9.59 Å². The van der Waals surface area contributed by atoms with Crippen LogP contribution in [0, 0.1) is 0 Å². The smallest absolute Gasteiger partial charge is 0.266 e. The summed E-state index contributed by atoms with van der Waals surface area (Å²) in [4.78, 5) is 26.5. The second-order valence-corrected chi connectivity index (χ2v) is 7.39. The summed E-state index contributed by atoms with van der Waals surface area (Å²) in [5.41, 5.74) is 1.69. The highest BCUT2D eigenvalue weighted by Gasteiger charge is 2.31. The van der Waals surface area contributed by atoms with Gasteiger partial charge in [0, 0.05) is 0 Å². The molecule has 0 bridgehead atoms. The number of carbonyl (C=O) groups excluding carboxylic acids is 2. The van der Waals surface area contributed by atoms with E-state index in [9.17, 15) is 9.59 Å². The van der Waals surface area contributed by atoms with Gasteiger partial charge < -0.3 is 25.0 Å². The van der Waals surface area contributed by atoms with Crippen molar-refractivity contribution in [2.45, 2.75) is 18.6 Å². The zero-order valence-electron chi connectivity index (χ0n) is 16.2. The number of rotatable bonds is 6. The minimum atomic E-state index is -0.836. The number of hydrogen-bond acceptors (Lipinski definition) is 4. The van der Waals surface area contributed by atoms with Crippen LogP contribution in [0.4, 0.5) is 5.69 Å². The van der Waals surface area contributed by atoms with Crippen LogP contribution in [0.2, 0.25) is 0 Å². The fourth-order valence-corrected chi connectivity index (χ4v) is 3.74. The van der Waals surface area contributed by atoms with Crippen LogP contribution in [-0.4, -0.2) is 50.8 Å². The number of para-hydroxylation sites is 2. The summed E-state index contributed by atoms with van der Waals surface area (Å²) in [5, 5.41) is 5.92. The molecule has 2 aromatic carbocycles. The first-order valence-electron chi connectivity index (χ1n) is 10.0. The van der Waals surface area contributed by atoms with Crippen molar-refractivity contribution in [2.75, 3.05) is 38.2 Å². The Kier molecular flexibility index (Phi) is 6.07. The van der Waals surface area contributed by atoms with Gasteiger partial charge in [-0.1, -0.05) is 42.5 Å². The zero-order valence-corrected chi connectivity index (χ0v) is 16.2. The molecule has 7 nitrogen and oxygen atoms in total. The number of anilines is 1. The Labute approximate surface area is 170 Å². The molecule has 0 aromatic heterocycles. The third-order valence-electron chi connectivity index (χ3n) is 5.31. The Balaban J connectivity index is 1.41. The molecular formula is C22H26N3O4+. The minimum absolute atomic E-state index is 0.0258. The van der Waals surface area contributed by atoms with Gasteiger partial charge in [-0.2, -0.15) is 0 Å². The lowest BCUT2D eigenvalue weighted by Crippen LogP contribution is -3.14. The summed E-state index contributed by atoms with van der Waals surface area (Å²) < 4.78 is 11.2. The lowest BCUT2D eigenvalue weighted by atomic mass is 10.1. The Morgan fingerprint density at radius 2 is 1.83 bits per heavy atom. The number of ether oxygens (including phenoxy) is 2. The highest BCUT2D eigenvalue weighted by Crippen LogP contribution is 2.29. The molecule has 1 fully saturated rings. The summed E-state index contributed by atoms with van der Waals surface area (Å²) in [6, 6.07) is 17.0. The summed E-state index contributed by atoms with van der Waals surface area (Å²) in [6.45, 7) is 4.09. The van der Waals surface area contributed by atoms with E-state index in [0.29, 0.717) is 11.4 Å². The van der Waals surface area contributed by atoms with Crippen LogP contribution in [-0.2, 0) is 14.3 Å². The van der Waals surface area contributed by atoms with Gasteiger partial charge >= 0.3 is 0 Å². The van der Waals surface area contributed by atoms with Crippen molar-refractivity contribution in [1.29, 1.82) is 0 Å². The van der Waals surface area contributed by atoms with E-state index in [0.717, 1.165) is 38.4 Å². The van der Waals surface area contributed by atoms with Crippen molar-refractivity contribution in [3.05, 3.63) is 60.2 Å². The van der Waals surface area contributed by atoms with Crippen molar-refractivity contribution in [3.8, 4) is 5.75 Å². The van der Waals surface area contributed by atoms with Gasteiger partial charge in [0.25, 0.3) is 5.91 Å². The summed E-state index contributed by atoms with van der Waals surface area (Å²) in [5.74, 6) is 0.0854. The minimum Gasteiger partial charge on any atom is -0.478 e. The van der Waals surface area contributed by atoms with E-state index in [-0.39, 0.29) is 24.3 Å². The number of fused-ring (bicyclic) bond motifs is 1. The lowest BCUT2D eigenvalue weighted by molar-refractivity contribution is -0.909. The SMILES string of the molecule is O=C(C[C@@H]1Oc2ccccc2NC1=O)N[C@@H](C[NH+]1CCOCC1)c1ccccc1. The number of benzene rings is 2. The number of hydrogen-bond donors (Lipinski definition) is 3. The van der Waals surface area contributed by atoms with Crippen molar-refractivity contribution >= 4 is 17.5 Å². The van der Waals surface area contributed by atoms with E-state index in [1.165, 1.54) is 4.90 Å². The molecule has 2 atom stereocenters. The molecule has 0 aliphatic carbocycles. The Morgan fingerprint density at radius 3 is 2.62 bits per heavy atom. The summed E-state index contributed by atoms with van der Waals surface area (Å²) >= 11 is 0. The Hall–Kier alpha value is -2.90. The van der Waals surface area contributed by atoms with E-state index < -0.39 is 6.10 Å². The Morgan fingerprint density at radius 1 is 1.10 bits per heavy atom. The van der Waals surface area contributed by atoms with Crippen molar-refractivity contribution in [1.82, 2.24) is 5.32 Å². The normalized spacial score (nSPS) is 20.1. The molecule has 1 saturated heterocycles. The number of nitrogens with one attached hydrogen (secondary N) is 3. The van der Waals surface area contributed by atoms with Gasteiger partial charge in [-0.15, -0.1) is 0 Å². The average Bonchev–Trinajstić information content (AvgIpc) is 2.75. The maximum Gasteiger partial charge on any atom is 0.266 e. The van der Waals surface area contributed by atoms with E-state index in [2.05, 4.69) is 10.6 Å². The molecule has 2 amide bonds. The lowest BCUT2D eigenvalue weighted by Gasteiger charge is -2.29. The van der Waals surface area contributed by atoms with E-state index in [4.69, 9.17) is 9.47 Å². The van der Waals surface area contributed by atoms with Gasteiger partial charge in [0.1, 0.15) is 31.4 Å². The van der Waals surface area contributed by atoms with Gasteiger partial charge in [0.15, 0.2) is 6.10 Å². The Bertz CT molecular complexity index is 852. The molecule has 0 unspecified atom stereocenters. The van der Waals surface area contributed by atoms with E-state index in [1.54, 1.807) is 12.1 Å². The molecule has 152 valence electrons. The molecular weight excluding hydrogens is 370 g/mol. The van der Waals surface area contributed by atoms with Crippen molar-refractivity contribution in [2.24, 2.45) is 0 Å². The number of morpholine rings is 1. The third kappa shape index (κ3) is 4.93. The fraction of sp³-hybridized carbons (Fsp3) is 0.364. The molecule has 29 heavy (non-hydrogen) atoms. The second kappa shape index (κ2) is 9.07. The zero-order chi connectivity index (χ0) is 20.1. The van der Waals surface area contributed by atoms with Gasteiger partial charge in [0.2, 0.25) is 5.91 Å². The summed E-state index contributed by atoms with van der Waals surface area (Å²) in [6.07, 6.45) is -0.862. The van der Waals surface area contributed by atoms with Crippen LogP contribution >= 0.6 is 0 Å². The highest BCUT2D eigenvalue weighted by atomic mass is 16.5. The maximum absolute atomic E-state index is 12.8. The van der Waals surface area contributed by atoms with E-state index in [1.807, 2.05) is 42.5 Å². The molecule has 2 aliphatic heterocycles. The van der Waals surface area contributed by atoms with Crippen LogP contribution in [0.1, 0.15) is 18.0 Å². The first-order valence-corrected chi connectivity index (χ1v) is 10.0. The summed E-state index contributed by atoms with van der Waals surface area (Å²) in [7, 11) is 0. The maximum atomic E-state index is 12.8. The van der Waals surface area contributed by atoms with Crippen LogP contribution < -0.4 is 20.3 Å². The fourth-order valence-electron chi connectivity index (χ4n) is 3.74. The molecule has 0 spiro atoms. The van der Waals surface area contributed by atoms with Gasteiger partial charge in [0.05, 0.1) is 25.3 Å². The molecule has 0 radical (unpaired) electrons. The monoisotopic (exact) mass is 396 g/mol. The standard InChI is InChI=1S/C22H25N3O4/c26-21(14-20-22(27)24-17-8-4-5-9-19(17)29-20)23-18(16-6-2-1-3-7-16)15-25-10-12-28-13-11-25/h1-9,18,20H,10-15H2,(H,23,26)(H,24,27)/p+1/t18-,20-/m0/s1. The molecule has 4 rings (SSSR count). The second-order valence-electron chi connectivity index (χ2n) is 7.39. The molecule has 0 saturated carbocycles. The number of amides is 2. The third-order valence-corrected chi connectivity index (χ3v) is 5.31. The molecule has 2 heterocycles. The van der Waals surface area contributed by atoms with Crippen LogP contribution in [0.5, 0.6) is 5.75 Å². The number of carbonyl (C=O) groups is 2. The topological polar surface area (TPSA) is 81.1 Å². The molecule has 3 N–H and O–H groups in total.